The predicted octanol–water partition coefficient (Wildman–Crippen LogP) is 3.14. The SMILES string of the molecule is C=C/C=C\c1c(CCl)nc(-c2ccc(CC)nc2)nc1C(N)=O. The lowest BCUT2D eigenvalue weighted by molar-refractivity contribution is 0.0995. The topological polar surface area (TPSA) is 81.8 Å². The number of primary amides is 1. The summed E-state index contributed by atoms with van der Waals surface area (Å²) in [7, 11) is 0. The average molecular weight is 329 g/mol. The molecule has 0 atom stereocenters. The van der Waals surface area contributed by atoms with E-state index in [1.165, 1.54) is 0 Å². The maximum absolute atomic E-state index is 11.8. The van der Waals surface area contributed by atoms with Gasteiger partial charge in [0.1, 0.15) is 5.69 Å². The first kappa shape index (κ1) is 16.8. The van der Waals surface area contributed by atoms with Gasteiger partial charge in [-0.2, -0.15) is 0 Å². The third kappa shape index (κ3) is 3.81. The third-order valence-corrected chi connectivity index (χ3v) is 3.48. The Hall–Kier alpha value is -2.53. The molecule has 2 aromatic rings. The fourth-order valence-electron chi connectivity index (χ4n) is 2.04. The molecule has 0 fully saturated rings. The molecule has 0 radical (unpaired) electrons. The second-order valence-electron chi connectivity index (χ2n) is 4.74. The van der Waals surface area contributed by atoms with Crippen LogP contribution in [0.3, 0.4) is 0 Å². The van der Waals surface area contributed by atoms with E-state index in [1.807, 2.05) is 19.1 Å². The number of aryl methyl sites for hydroxylation is 1. The van der Waals surface area contributed by atoms with Crippen molar-refractivity contribution in [2.45, 2.75) is 19.2 Å². The molecule has 1 amide bonds. The highest BCUT2D eigenvalue weighted by Gasteiger charge is 2.17. The first-order chi connectivity index (χ1) is 11.1. The number of rotatable bonds is 6. The second-order valence-corrected chi connectivity index (χ2v) is 5.01. The summed E-state index contributed by atoms with van der Waals surface area (Å²) >= 11 is 5.98. The van der Waals surface area contributed by atoms with Crippen LogP contribution < -0.4 is 5.73 Å². The quantitative estimate of drug-likeness (QED) is 0.652. The molecule has 0 aliphatic rings. The zero-order chi connectivity index (χ0) is 16.8. The number of nitrogens with zero attached hydrogens (tertiary/aromatic N) is 3. The summed E-state index contributed by atoms with van der Waals surface area (Å²) in [4.78, 5) is 24.8. The summed E-state index contributed by atoms with van der Waals surface area (Å²) in [5.74, 6) is -0.130. The van der Waals surface area contributed by atoms with Crippen LogP contribution in [-0.2, 0) is 12.3 Å². The molecule has 0 aliphatic carbocycles. The maximum atomic E-state index is 11.8. The summed E-state index contributed by atoms with van der Waals surface area (Å²) in [5.41, 5.74) is 8.29. The molecule has 2 N–H and O–H groups in total. The van der Waals surface area contributed by atoms with Crippen LogP contribution in [0.2, 0.25) is 0 Å². The van der Waals surface area contributed by atoms with E-state index in [2.05, 4.69) is 21.5 Å². The Morgan fingerprint density at radius 1 is 1.39 bits per heavy atom. The van der Waals surface area contributed by atoms with E-state index in [0.717, 1.165) is 12.1 Å². The molecule has 0 aliphatic heterocycles. The number of allylic oxidation sites excluding steroid dienone is 2. The van der Waals surface area contributed by atoms with Gasteiger partial charge in [-0.15, -0.1) is 11.6 Å². The Balaban J connectivity index is 2.61. The number of hydrogen-bond acceptors (Lipinski definition) is 4. The molecule has 5 nitrogen and oxygen atoms in total. The molecule has 0 spiro atoms. The van der Waals surface area contributed by atoms with Gasteiger partial charge in [-0.25, -0.2) is 9.97 Å². The molecule has 2 heterocycles. The maximum Gasteiger partial charge on any atom is 0.268 e. The Morgan fingerprint density at radius 2 is 2.17 bits per heavy atom. The predicted molar refractivity (Wildman–Crippen MR) is 91.9 cm³/mol. The summed E-state index contributed by atoms with van der Waals surface area (Å²) in [6, 6.07) is 3.76. The highest BCUT2D eigenvalue weighted by Crippen LogP contribution is 2.21. The fourth-order valence-corrected chi connectivity index (χ4v) is 2.24. The van der Waals surface area contributed by atoms with Crippen molar-refractivity contribution < 1.29 is 4.79 Å². The number of carbonyl (C=O) groups excluding carboxylic acids is 1. The molecule has 0 aromatic carbocycles. The lowest BCUT2D eigenvalue weighted by atomic mass is 10.1. The molecular formula is C17H17ClN4O. The molecule has 0 unspecified atom stereocenters. The number of nitrogens with two attached hydrogens (primary N) is 1. The van der Waals surface area contributed by atoms with Gasteiger partial charge in [-0.3, -0.25) is 9.78 Å². The molecule has 6 heteroatoms. The first-order valence-electron chi connectivity index (χ1n) is 7.11. The van der Waals surface area contributed by atoms with Gasteiger partial charge in [0.15, 0.2) is 5.82 Å². The Labute approximate surface area is 139 Å². The van der Waals surface area contributed by atoms with Gasteiger partial charge in [0.05, 0.1) is 11.6 Å². The van der Waals surface area contributed by atoms with Gasteiger partial charge in [-0.05, 0) is 18.6 Å². The van der Waals surface area contributed by atoms with Gasteiger partial charge in [0, 0.05) is 23.0 Å². The molecule has 23 heavy (non-hydrogen) atoms. The van der Waals surface area contributed by atoms with E-state index in [-0.39, 0.29) is 11.6 Å². The number of amides is 1. The zero-order valence-corrected chi connectivity index (χ0v) is 13.5. The average Bonchev–Trinajstić information content (AvgIpc) is 2.59. The summed E-state index contributed by atoms with van der Waals surface area (Å²) in [5, 5.41) is 0. The van der Waals surface area contributed by atoms with Crippen LogP contribution in [0.4, 0.5) is 0 Å². The summed E-state index contributed by atoms with van der Waals surface area (Å²) in [6.07, 6.45) is 7.46. The molecule has 0 saturated carbocycles. The van der Waals surface area contributed by atoms with Crippen molar-refractivity contribution >= 4 is 23.6 Å². The van der Waals surface area contributed by atoms with E-state index >= 15 is 0 Å². The van der Waals surface area contributed by atoms with Crippen LogP contribution in [0.25, 0.3) is 17.5 Å². The van der Waals surface area contributed by atoms with Gasteiger partial charge in [-0.1, -0.05) is 31.7 Å². The van der Waals surface area contributed by atoms with Gasteiger partial charge in [0.2, 0.25) is 0 Å². The Morgan fingerprint density at radius 3 is 2.70 bits per heavy atom. The van der Waals surface area contributed by atoms with Gasteiger partial charge >= 0.3 is 0 Å². The van der Waals surface area contributed by atoms with Crippen LogP contribution in [0.5, 0.6) is 0 Å². The van der Waals surface area contributed by atoms with Crippen LogP contribution in [0.1, 0.15) is 34.4 Å². The Kier molecular flexibility index (Phi) is 5.60. The van der Waals surface area contributed by atoms with Crippen LogP contribution in [0, 0.1) is 0 Å². The number of pyridine rings is 1. The highest BCUT2D eigenvalue weighted by molar-refractivity contribution is 6.17. The van der Waals surface area contributed by atoms with Crippen molar-refractivity contribution in [3.8, 4) is 11.4 Å². The van der Waals surface area contributed by atoms with E-state index in [1.54, 1.807) is 24.4 Å². The normalized spacial score (nSPS) is 10.9. The lowest BCUT2D eigenvalue weighted by Gasteiger charge is -2.10. The van der Waals surface area contributed by atoms with E-state index in [4.69, 9.17) is 17.3 Å². The molecule has 0 bridgehead atoms. The molecular weight excluding hydrogens is 312 g/mol. The zero-order valence-electron chi connectivity index (χ0n) is 12.8. The van der Waals surface area contributed by atoms with E-state index in [9.17, 15) is 4.79 Å². The number of halogens is 1. The third-order valence-electron chi connectivity index (χ3n) is 3.23. The van der Waals surface area contributed by atoms with Crippen molar-refractivity contribution in [3.63, 3.8) is 0 Å². The van der Waals surface area contributed by atoms with Gasteiger partial charge < -0.3 is 5.73 Å². The number of alkyl halides is 1. The minimum absolute atomic E-state index is 0.128. The molecule has 2 rings (SSSR count). The van der Waals surface area contributed by atoms with Gasteiger partial charge in [0.25, 0.3) is 5.91 Å². The smallest absolute Gasteiger partial charge is 0.268 e. The van der Waals surface area contributed by atoms with E-state index < -0.39 is 5.91 Å². The van der Waals surface area contributed by atoms with Crippen molar-refractivity contribution in [2.75, 3.05) is 0 Å². The number of hydrogen-bond donors (Lipinski definition) is 1. The van der Waals surface area contributed by atoms with Crippen LogP contribution in [0.15, 0.2) is 37.1 Å². The molecule has 2 aromatic heterocycles. The molecule has 118 valence electrons. The number of aromatic nitrogens is 3. The highest BCUT2D eigenvalue weighted by atomic mass is 35.5. The van der Waals surface area contributed by atoms with Crippen molar-refractivity contribution in [1.82, 2.24) is 15.0 Å². The summed E-state index contributed by atoms with van der Waals surface area (Å²) < 4.78 is 0. The fraction of sp³-hybridized carbons (Fsp3) is 0.176. The minimum atomic E-state index is -0.637. The summed E-state index contributed by atoms with van der Waals surface area (Å²) in [6.45, 7) is 5.63. The van der Waals surface area contributed by atoms with Crippen LogP contribution in [-0.4, -0.2) is 20.9 Å². The lowest BCUT2D eigenvalue weighted by Crippen LogP contribution is -2.17. The first-order valence-corrected chi connectivity index (χ1v) is 7.65. The van der Waals surface area contributed by atoms with E-state index in [0.29, 0.717) is 22.6 Å². The number of carbonyl (C=O) groups is 1. The largest absolute Gasteiger partial charge is 0.364 e. The monoisotopic (exact) mass is 328 g/mol. The standard InChI is InChI=1S/C17H17ClN4O/c1-3-5-6-13-14(9-18)21-17(22-15(13)16(19)23)11-7-8-12(4-2)20-10-11/h3,5-8,10H,1,4,9H2,2H3,(H2,19,23)/b6-5-. The van der Waals surface area contributed by atoms with Crippen molar-refractivity contribution in [3.05, 3.63) is 59.7 Å². The van der Waals surface area contributed by atoms with Crippen molar-refractivity contribution in [1.29, 1.82) is 0 Å². The second kappa shape index (κ2) is 7.65. The van der Waals surface area contributed by atoms with Crippen LogP contribution >= 0.6 is 11.6 Å². The molecule has 0 saturated heterocycles. The minimum Gasteiger partial charge on any atom is -0.364 e. The van der Waals surface area contributed by atoms with Crippen molar-refractivity contribution in [2.24, 2.45) is 5.73 Å². The Bertz CT molecular complexity index is 754.